The number of benzene rings is 3. The van der Waals surface area contributed by atoms with Crippen LogP contribution in [0.1, 0.15) is 25.6 Å². The number of carbonyl (C=O) groups excluding carboxylic acids is 2. The maximum absolute atomic E-state index is 13.0. The van der Waals surface area contributed by atoms with E-state index in [1.54, 1.807) is 0 Å². The van der Waals surface area contributed by atoms with Gasteiger partial charge < -0.3 is 9.47 Å². The molecule has 0 atom stereocenters. The lowest BCUT2D eigenvalue weighted by molar-refractivity contribution is -0.163. The number of hydrogen-bond acceptors (Lipinski definition) is 7. The Balaban J connectivity index is 2.09. The van der Waals surface area contributed by atoms with Gasteiger partial charge in [-0.25, -0.2) is 4.98 Å². The van der Waals surface area contributed by atoms with Crippen molar-refractivity contribution in [3.63, 3.8) is 0 Å². The number of nitrogens with zero attached hydrogens (tertiary/aromatic N) is 3. The fourth-order valence-electron chi connectivity index (χ4n) is 4.06. The van der Waals surface area contributed by atoms with Crippen LogP contribution in [0.25, 0.3) is 32.6 Å². The average Bonchev–Trinajstić information content (AvgIpc) is 2.83. The van der Waals surface area contributed by atoms with Crippen LogP contribution in [0.15, 0.2) is 60.7 Å². The number of allylic oxidation sites excluding steroid dienone is 1. The molecule has 0 spiro atoms. The number of rotatable bonds is 6. The van der Waals surface area contributed by atoms with Gasteiger partial charge >= 0.3 is 11.9 Å². The summed E-state index contributed by atoms with van der Waals surface area (Å²) in [5.41, 5.74) is 0.0897. The summed E-state index contributed by atoms with van der Waals surface area (Å²) in [5, 5.41) is 12.4. The third-order valence-corrected chi connectivity index (χ3v) is 5.72. The third-order valence-electron chi connectivity index (χ3n) is 5.72. The molecule has 7 heteroatoms. The molecule has 0 saturated carbocycles. The number of esters is 2. The lowest BCUT2D eigenvalue weighted by Gasteiger charge is -2.26. The van der Waals surface area contributed by atoms with Gasteiger partial charge in [0.05, 0.1) is 14.2 Å². The van der Waals surface area contributed by atoms with Crippen molar-refractivity contribution in [1.82, 2.24) is 15.2 Å². The molecule has 0 unspecified atom stereocenters. The molecule has 0 aliphatic rings. The summed E-state index contributed by atoms with van der Waals surface area (Å²) in [6, 6.07) is 15.7. The molecule has 0 N–H and O–H groups in total. The van der Waals surface area contributed by atoms with E-state index in [1.807, 2.05) is 55.5 Å². The molecule has 0 fully saturated rings. The van der Waals surface area contributed by atoms with E-state index in [9.17, 15) is 9.59 Å². The number of aromatic nitrogens is 3. The summed E-state index contributed by atoms with van der Waals surface area (Å²) in [7, 11) is 2.44. The third kappa shape index (κ3) is 3.26. The maximum Gasteiger partial charge on any atom is 0.331 e. The average molecular weight is 429 g/mol. The van der Waals surface area contributed by atoms with Crippen LogP contribution >= 0.6 is 0 Å². The van der Waals surface area contributed by atoms with Crippen molar-refractivity contribution in [2.45, 2.75) is 25.2 Å². The zero-order valence-corrected chi connectivity index (χ0v) is 18.2. The Bertz CT molecular complexity index is 1330. The highest BCUT2D eigenvalue weighted by Gasteiger charge is 2.53. The van der Waals surface area contributed by atoms with Crippen LogP contribution in [0.2, 0.25) is 0 Å². The Labute approximate surface area is 185 Å². The van der Waals surface area contributed by atoms with Crippen LogP contribution in [-0.2, 0) is 24.5 Å². The highest BCUT2D eigenvalue weighted by molar-refractivity contribution is 6.23. The fraction of sp³-hybridized carbons (Fsp3) is 0.240. The Kier molecular flexibility index (Phi) is 5.57. The van der Waals surface area contributed by atoms with Gasteiger partial charge in [0.25, 0.3) is 0 Å². The zero-order valence-electron chi connectivity index (χ0n) is 18.2. The molecule has 4 aromatic rings. The number of ether oxygens (including phenoxy) is 2. The molecule has 162 valence electrons. The predicted molar refractivity (Wildman–Crippen MR) is 122 cm³/mol. The van der Waals surface area contributed by atoms with Crippen molar-refractivity contribution < 1.29 is 19.1 Å². The second-order valence-electron chi connectivity index (χ2n) is 7.77. The molecule has 4 rings (SSSR count). The number of methoxy groups -OCH3 is 2. The van der Waals surface area contributed by atoms with E-state index in [-0.39, 0.29) is 12.2 Å². The normalized spacial score (nSPS) is 11.6. The number of hydrogen-bond donors (Lipinski definition) is 0. The van der Waals surface area contributed by atoms with Crippen LogP contribution in [0.4, 0.5) is 0 Å². The minimum atomic E-state index is -1.85. The van der Waals surface area contributed by atoms with Gasteiger partial charge in [-0.2, -0.15) is 0 Å². The maximum atomic E-state index is 13.0. The van der Waals surface area contributed by atoms with Crippen LogP contribution in [0, 0.1) is 0 Å². The van der Waals surface area contributed by atoms with Crippen LogP contribution in [-0.4, -0.2) is 41.3 Å². The quantitative estimate of drug-likeness (QED) is 0.196. The van der Waals surface area contributed by atoms with Gasteiger partial charge in [-0.15, -0.1) is 16.8 Å². The predicted octanol–water partition coefficient (Wildman–Crippen LogP) is 4.27. The summed E-state index contributed by atoms with van der Waals surface area (Å²) >= 11 is 0. The molecular weight excluding hydrogens is 406 g/mol. The van der Waals surface area contributed by atoms with Gasteiger partial charge in [0.2, 0.25) is 5.41 Å². The summed E-state index contributed by atoms with van der Waals surface area (Å²) in [6.45, 7) is 5.70. The van der Waals surface area contributed by atoms with Gasteiger partial charge in [0.1, 0.15) is 11.0 Å². The molecule has 7 nitrogen and oxygen atoms in total. The molecule has 1 heterocycles. The summed E-state index contributed by atoms with van der Waals surface area (Å²) in [5.74, 6) is -1.64. The van der Waals surface area contributed by atoms with Crippen LogP contribution < -0.4 is 0 Å². The highest BCUT2D eigenvalue weighted by Crippen LogP contribution is 2.36. The second kappa shape index (κ2) is 8.34. The van der Waals surface area contributed by atoms with E-state index in [2.05, 4.69) is 16.8 Å². The van der Waals surface area contributed by atoms with Crippen molar-refractivity contribution in [2.24, 2.45) is 0 Å². The number of carbonyl (C=O) groups is 2. The van der Waals surface area contributed by atoms with Crippen molar-refractivity contribution in [3.05, 3.63) is 66.5 Å². The lowest BCUT2D eigenvalue weighted by atomic mass is 9.81. The summed E-state index contributed by atoms with van der Waals surface area (Å²) in [4.78, 5) is 30.7. The minimum Gasteiger partial charge on any atom is -0.468 e. The smallest absolute Gasteiger partial charge is 0.331 e. The molecule has 0 radical (unpaired) electrons. The lowest BCUT2D eigenvalue weighted by Crippen LogP contribution is -2.47. The van der Waals surface area contributed by atoms with E-state index < -0.39 is 17.4 Å². The molecule has 0 aliphatic heterocycles. The molecule has 0 bridgehead atoms. The van der Waals surface area contributed by atoms with Gasteiger partial charge in [-0.05, 0) is 30.5 Å². The van der Waals surface area contributed by atoms with E-state index >= 15 is 0 Å². The first-order chi connectivity index (χ1) is 15.4. The van der Waals surface area contributed by atoms with Gasteiger partial charge in [-0.1, -0.05) is 54.1 Å². The molecule has 1 aromatic heterocycles. The molecule has 0 amide bonds. The molecule has 3 aromatic carbocycles. The van der Waals surface area contributed by atoms with Crippen LogP contribution in [0.3, 0.4) is 0 Å². The Morgan fingerprint density at radius 1 is 0.844 bits per heavy atom. The summed E-state index contributed by atoms with van der Waals surface area (Å²) in [6.07, 6.45) is 0.435. The fourth-order valence-corrected chi connectivity index (χ4v) is 4.06. The van der Waals surface area contributed by atoms with Crippen molar-refractivity contribution in [3.8, 4) is 0 Å². The minimum absolute atomic E-state index is 0.0506. The molecule has 0 aliphatic carbocycles. The van der Waals surface area contributed by atoms with E-state index in [4.69, 9.17) is 14.5 Å². The largest absolute Gasteiger partial charge is 0.468 e. The van der Waals surface area contributed by atoms with Crippen molar-refractivity contribution >= 4 is 44.5 Å². The Hall–Kier alpha value is -3.87. The SMILES string of the molecule is C=C(C)CCC(C(=O)OC)(C(=O)OC)c1nnc2c3ccccc3c3ccccc3c2n1. The first kappa shape index (κ1) is 21.4. The second-order valence-corrected chi connectivity index (χ2v) is 7.77. The van der Waals surface area contributed by atoms with Gasteiger partial charge in [0, 0.05) is 10.8 Å². The zero-order chi connectivity index (χ0) is 22.9. The number of fused-ring (bicyclic) bond motifs is 6. The highest BCUT2D eigenvalue weighted by atomic mass is 16.5. The van der Waals surface area contributed by atoms with E-state index in [1.165, 1.54) is 14.2 Å². The topological polar surface area (TPSA) is 91.3 Å². The van der Waals surface area contributed by atoms with E-state index in [0.29, 0.717) is 17.5 Å². The Morgan fingerprint density at radius 2 is 1.34 bits per heavy atom. The summed E-state index contributed by atoms with van der Waals surface area (Å²) < 4.78 is 10.0. The monoisotopic (exact) mass is 429 g/mol. The van der Waals surface area contributed by atoms with Gasteiger partial charge in [-0.3, -0.25) is 9.59 Å². The van der Waals surface area contributed by atoms with E-state index in [0.717, 1.165) is 27.1 Å². The van der Waals surface area contributed by atoms with Crippen LogP contribution in [0.5, 0.6) is 0 Å². The Morgan fingerprint density at radius 3 is 1.84 bits per heavy atom. The van der Waals surface area contributed by atoms with Gasteiger partial charge in [0.15, 0.2) is 5.82 Å². The molecule has 32 heavy (non-hydrogen) atoms. The molecular formula is C25H23N3O4. The first-order valence-electron chi connectivity index (χ1n) is 10.2. The van der Waals surface area contributed by atoms with Crippen molar-refractivity contribution in [1.29, 1.82) is 0 Å². The standard InChI is InChI=1S/C25H23N3O4/c1-15(2)13-14-25(23(29)31-3,24(30)32-4)22-26-20-18-11-7-5-9-16(18)17-10-6-8-12-19(17)21(20)27-28-22/h5-12H,1,13-14H2,2-4H3. The first-order valence-corrected chi connectivity index (χ1v) is 10.2. The molecule has 0 saturated heterocycles. The van der Waals surface area contributed by atoms with Crippen molar-refractivity contribution in [2.75, 3.05) is 14.2 Å².